The molecule has 1 heterocycles. The molecule has 0 aliphatic heterocycles. The van der Waals surface area contributed by atoms with Crippen LogP contribution in [-0.2, 0) is 0 Å². The molecule has 0 aliphatic carbocycles. The van der Waals surface area contributed by atoms with E-state index >= 15 is 0 Å². The Labute approximate surface area is 116 Å². The maximum atomic E-state index is 11.5. The number of nitrogens with one attached hydrogen (secondary N) is 2. The lowest BCUT2D eigenvalue weighted by Gasteiger charge is -2.07. The average Bonchev–Trinajstić information content (AvgIpc) is 2.77. The summed E-state index contributed by atoms with van der Waals surface area (Å²) < 4.78 is 10.1. The second kappa shape index (κ2) is 8.36. The minimum atomic E-state index is -0.572. The van der Waals surface area contributed by atoms with Crippen molar-refractivity contribution >= 4 is 23.5 Å². The molecule has 1 aromatic rings. The van der Waals surface area contributed by atoms with Crippen LogP contribution in [0.4, 0.5) is 9.59 Å². The van der Waals surface area contributed by atoms with E-state index in [1.54, 1.807) is 17.7 Å². The Bertz CT molecular complexity index is 420. The molecule has 6 nitrogen and oxygen atoms in total. The van der Waals surface area contributed by atoms with Gasteiger partial charge in [-0.25, -0.2) is 9.59 Å². The smallest absolute Gasteiger partial charge is 0.405 e. The number of carbonyl (C=O) groups excluding carboxylic acids is 2. The molecule has 0 radical (unpaired) electrons. The third-order valence-electron chi connectivity index (χ3n) is 2.12. The van der Waals surface area contributed by atoms with Gasteiger partial charge < -0.3 is 20.1 Å². The van der Waals surface area contributed by atoms with Gasteiger partial charge in [0.1, 0.15) is 0 Å². The number of rotatable bonds is 6. The summed E-state index contributed by atoms with van der Waals surface area (Å²) in [7, 11) is 0. The van der Waals surface area contributed by atoms with Crippen LogP contribution in [0.15, 0.2) is 10.8 Å². The molecular formula is C12H18N2O4S. The second-order valence-electron chi connectivity index (χ2n) is 3.69. The maximum absolute atomic E-state index is 11.5. The first-order chi connectivity index (χ1) is 9.17. The van der Waals surface area contributed by atoms with Gasteiger partial charge in [0, 0.05) is 23.8 Å². The predicted octanol–water partition coefficient (Wildman–Crippen LogP) is 2.74. The molecule has 106 valence electrons. The van der Waals surface area contributed by atoms with Gasteiger partial charge in [-0.1, -0.05) is 13.3 Å². The maximum Gasteiger partial charge on any atom is 0.412 e. The number of amides is 2. The second-order valence-corrected chi connectivity index (χ2v) is 4.43. The number of carbonyl (C=O) groups is 2. The molecule has 2 N–H and O–H groups in total. The molecule has 0 atom stereocenters. The van der Waals surface area contributed by atoms with Crippen LogP contribution < -0.4 is 20.1 Å². The highest BCUT2D eigenvalue weighted by molar-refractivity contribution is 7.08. The molecule has 0 unspecified atom stereocenters. The summed E-state index contributed by atoms with van der Waals surface area (Å²) >= 11 is 1.29. The van der Waals surface area contributed by atoms with Gasteiger partial charge in [0.2, 0.25) is 0 Å². The molecule has 1 aromatic heterocycles. The molecule has 0 saturated heterocycles. The summed E-state index contributed by atoms with van der Waals surface area (Å²) in [5, 5.41) is 8.31. The Morgan fingerprint density at radius 3 is 2.21 bits per heavy atom. The highest BCUT2D eigenvalue weighted by atomic mass is 32.1. The van der Waals surface area contributed by atoms with E-state index < -0.39 is 12.2 Å². The molecule has 1 rings (SSSR count). The van der Waals surface area contributed by atoms with E-state index in [0.29, 0.717) is 13.1 Å². The predicted molar refractivity (Wildman–Crippen MR) is 73.0 cm³/mol. The van der Waals surface area contributed by atoms with Crippen molar-refractivity contribution < 1.29 is 19.1 Å². The van der Waals surface area contributed by atoms with E-state index in [0.717, 1.165) is 12.8 Å². The van der Waals surface area contributed by atoms with Gasteiger partial charge in [-0.05, 0) is 13.3 Å². The highest BCUT2D eigenvalue weighted by Gasteiger charge is 2.14. The standard InChI is InChI=1S/C12H18N2O4S/c1-3-5-6-14-12(16)18-10-8-19-7-9(10)17-11(15)13-4-2/h7-8H,3-6H2,1-2H3,(H,13,15)(H,14,16). The summed E-state index contributed by atoms with van der Waals surface area (Å²) in [6, 6.07) is 0. The summed E-state index contributed by atoms with van der Waals surface area (Å²) in [6.07, 6.45) is 0.760. The van der Waals surface area contributed by atoms with Crippen LogP contribution in [-0.4, -0.2) is 25.3 Å². The number of unbranched alkanes of at least 4 members (excludes halogenated alkanes) is 1. The summed E-state index contributed by atoms with van der Waals surface area (Å²) in [6.45, 7) is 4.85. The lowest BCUT2D eigenvalue weighted by molar-refractivity contribution is 0.190. The molecule has 2 amide bonds. The Kier molecular flexibility index (Phi) is 6.73. The Balaban J connectivity index is 2.48. The minimum Gasteiger partial charge on any atom is -0.405 e. The third kappa shape index (κ3) is 5.60. The Hall–Kier alpha value is -1.76. The number of ether oxygens (including phenoxy) is 2. The topological polar surface area (TPSA) is 76.7 Å². The Morgan fingerprint density at radius 1 is 1.11 bits per heavy atom. The van der Waals surface area contributed by atoms with E-state index in [1.165, 1.54) is 11.3 Å². The van der Waals surface area contributed by atoms with Crippen LogP contribution in [0, 0.1) is 0 Å². The molecule has 0 saturated carbocycles. The van der Waals surface area contributed by atoms with E-state index in [-0.39, 0.29) is 11.5 Å². The van der Waals surface area contributed by atoms with Crippen LogP contribution in [0.3, 0.4) is 0 Å². The first-order valence-corrected chi connectivity index (χ1v) is 7.09. The van der Waals surface area contributed by atoms with E-state index in [4.69, 9.17) is 9.47 Å². The monoisotopic (exact) mass is 286 g/mol. The van der Waals surface area contributed by atoms with E-state index in [2.05, 4.69) is 10.6 Å². The summed E-state index contributed by atoms with van der Waals surface area (Å²) in [5.41, 5.74) is 0. The van der Waals surface area contributed by atoms with Crippen molar-refractivity contribution in [3.8, 4) is 11.5 Å². The zero-order valence-corrected chi connectivity index (χ0v) is 11.8. The Morgan fingerprint density at radius 2 is 1.68 bits per heavy atom. The summed E-state index contributed by atoms with van der Waals surface area (Å²) in [4.78, 5) is 22.7. The quantitative estimate of drug-likeness (QED) is 0.788. The van der Waals surface area contributed by atoms with Gasteiger partial charge in [-0.15, -0.1) is 11.3 Å². The van der Waals surface area contributed by atoms with Gasteiger partial charge in [-0.3, -0.25) is 0 Å². The molecule has 7 heteroatoms. The largest absolute Gasteiger partial charge is 0.412 e. The SMILES string of the molecule is CCCCNC(=O)Oc1cscc1OC(=O)NCC. The zero-order valence-electron chi connectivity index (χ0n) is 11.0. The van der Waals surface area contributed by atoms with Crippen molar-refractivity contribution in [2.24, 2.45) is 0 Å². The molecule has 0 bridgehead atoms. The third-order valence-corrected chi connectivity index (χ3v) is 2.82. The molecule has 0 spiro atoms. The van der Waals surface area contributed by atoms with Crippen molar-refractivity contribution in [3.05, 3.63) is 10.8 Å². The van der Waals surface area contributed by atoms with Crippen LogP contribution in [0.2, 0.25) is 0 Å². The van der Waals surface area contributed by atoms with Crippen LogP contribution in [0.25, 0.3) is 0 Å². The zero-order chi connectivity index (χ0) is 14.1. The van der Waals surface area contributed by atoms with Gasteiger partial charge in [0.15, 0.2) is 11.5 Å². The van der Waals surface area contributed by atoms with Crippen LogP contribution in [0.5, 0.6) is 11.5 Å². The number of thiophene rings is 1. The van der Waals surface area contributed by atoms with Crippen molar-refractivity contribution in [3.63, 3.8) is 0 Å². The van der Waals surface area contributed by atoms with Crippen molar-refractivity contribution in [1.82, 2.24) is 10.6 Å². The fourth-order valence-corrected chi connectivity index (χ4v) is 1.85. The lowest BCUT2D eigenvalue weighted by Crippen LogP contribution is -2.28. The first-order valence-electron chi connectivity index (χ1n) is 6.14. The fraction of sp³-hybridized carbons (Fsp3) is 0.500. The number of hydrogen-bond donors (Lipinski definition) is 2. The molecule has 0 fully saturated rings. The normalized spacial score (nSPS) is 9.79. The average molecular weight is 286 g/mol. The van der Waals surface area contributed by atoms with Gasteiger partial charge in [-0.2, -0.15) is 0 Å². The number of hydrogen-bond acceptors (Lipinski definition) is 5. The van der Waals surface area contributed by atoms with E-state index in [1.807, 2.05) is 6.92 Å². The highest BCUT2D eigenvalue weighted by Crippen LogP contribution is 2.31. The van der Waals surface area contributed by atoms with Gasteiger partial charge in [0.25, 0.3) is 0 Å². The first kappa shape index (κ1) is 15.3. The molecule has 19 heavy (non-hydrogen) atoms. The van der Waals surface area contributed by atoms with Gasteiger partial charge >= 0.3 is 12.2 Å². The molecule has 0 aromatic carbocycles. The molecule has 0 aliphatic rings. The van der Waals surface area contributed by atoms with E-state index in [9.17, 15) is 9.59 Å². The van der Waals surface area contributed by atoms with Crippen LogP contribution >= 0.6 is 11.3 Å². The fourth-order valence-electron chi connectivity index (χ4n) is 1.21. The van der Waals surface area contributed by atoms with Crippen molar-refractivity contribution in [1.29, 1.82) is 0 Å². The summed E-state index contributed by atoms with van der Waals surface area (Å²) in [5.74, 6) is 0.479. The minimum absolute atomic E-state index is 0.238. The van der Waals surface area contributed by atoms with Crippen molar-refractivity contribution in [2.45, 2.75) is 26.7 Å². The van der Waals surface area contributed by atoms with Crippen LogP contribution in [0.1, 0.15) is 26.7 Å². The van der Waals surface area contributed by atoms with Crippen molar-refractivity contribution in [2.75, 3.05) is 13.1 Å². The van der Waals surface area contributed by atoms with Gasteiger partial charge in [0.05, 0.1) is 0 Å². The lowest BCUT2D eigenvalue weighted by atomic mass is 10.3. The molecular weight excluding hydrogens is 268 g/mol.